The molecule has 21 heavy (non-hydrogen) atoms. The van der Waals surface area contributed by atoms with Gasteiger partial charge in [0.05, 0.1) is 0 Å². The smallest absolute Gasteiger partial charge is 0.254 e. The number of fused-ring (bicyclic) bond motifs is 2. The van der Waals surface area contributed by atoms with Crippen molar-refractivity contribution < 1.29 is 4.79 Å². The lowest BCUT2D eigenvalue weighted by Gasteiger charge is -2.37. The van der Waals surface area contributed by atoms with Crippen LogP contribution in [0, 0.1) is 5.92 Å². The Hall–Kier alpha value is -1.87. The van der Waals surface area contributed by atoms with E-state index in [9.17, 15) is 4.79 Å². The Bertz CT molecular complexity index is 682. The van der Waals surface area contributed by atoms with E-state index in [1.165, 1.54) is 11.8 Å². The molecule has 0 spiro atoms. The van der Waals surface area contributed by atoms with Crippen LogP contribution in [-0.2, 0) is 0 Å². The molecule has 0 saturated carbocycles. The van der Waals surface area contributed by atoms with Crippen molar-refractivity contribution in [1.29, 1.82) is 0 Å². The van der Waals surface area contributed by atoms with Crippen LogP contribution >= 0.6 is 0 Å². The van der Waals surface area contributed by atoms with Crippen LogP contribution in [0.15, 0.2) is 42.5 Å². The van der Waals surface area contributed by atoms with E-state index in [1.807, 2.05) is 24.3 Å². The number of likely N-dealkylation sites (tertiary alicyclic amines) is 1. The van der Waals surface area contributed by atoms with Crippen molar-refractivity contribution in [1.82, 2.24) is 10.2 Å². The van der Waals surface area contributed by atoms with Crippen LogP contribution in [0.1, 0.15) is 23.2 Å². The standard InChI is InChI=1S/C18H20N2O/c21-18(20-9-3-6-16-11-19-12-17(16)20)15-8-7-13-4-1-2-5-14(13)10-15/h1-2,4-5,7-8,10,16-17,19H,3,6,9,11-12H2. The molecule has 2 aromatic carbocycles. The Morgan fingerprint density at radius 3 is 2.86 bits per heavy atom. The molecule has 1 N–H and O–H groups in total. The van der Waals surface area contributed by atoms with Gasteiger partial charge in [-0.25, -0.2) is 0 Å². The summed E-state index contributed by atoms with van der Waals surface area (Å²) < 4.78 is 0. The zero-order chi connectivity index (χ0) is 14.2. The number of nitrogens with one attached hydrogen (secondary N) is 1. The summed E-state index contributed by atoms with van der Waals surface area (Å²) in [5.41, 5.74) is 0.821. The predicted molar refractivity (Wildman–Crippen MR) is 84.4 cm³/mol. The van der Waals surface area contributed by atoms with Gasteiger partial charge in [0.25, 0.3) is 5.91 Å². The monoisotopic (exact) mass is 280 g/mol. The number of rotatable bonds is 1. The second kappa shape index (κ2) is 5.15. The molecule has 0 aromatic heterocycles. The van der Waals surface area contributed by atoms with Crippen LogP contribution in [0.25, 0.3) is 10.8 Å². The Morgan fingerprint density at radius 1 is 1.10 bits per heavy atom. The maximum atomic E-state index is 12.9. The van der Waals surface area contributed by atoms with Crippen molar-refractivity contribution in [2.24, 2.45) is 5.92 Å². The fourth-order valence-electron chi connectivity index (χ4n) is 3.81. The molecule has 2 heterocycles. The molecule has 1 amide bonds. The van der Waals surface area contributed by atoms with E-state index >= 15 is 0 Å². The molecular weight excluding hydrogens is 260 g/mol. The average Bonchev–Trinajstić information content (AvgIpc) is 3.02. The van der Waals surface area contributed by atoms with E-state index in [4.69, 9.17) is 0 Å². The third-order valence-electron chi connectivity index (χ3n) is 4.94. The zero-order valence-corrected chi connectivity index (χ0v) is 12.1. The summed E-state index contributed by atoms with van der Waals surface area (Å²) in [6.45, 7) is 2.91. The van der Waals surface area contributed by atoms with E-state index in [0.717, 1.165) is 37.0 Å². The van der Waals surface area contributed by atoms with Gasteiger partial charge < -0.3 is 10.2 Å². The summed E-state index contributed by atoms with van der Waals surface area (Å²) in [5, 5.41) is 5.76. The lowest BCUT2D eigenvalue weighted by molar-refractivity contribution is 0.0575. The number of hydrogen-bond acceptors (Lipinski definition) is 2. The summed E-state index contributed by atoms with van der Waals surface area (Å²) in [6, 6.07) is 14.6. The number of hydrogen-bond donors (Lipinski definition) is 1. The van der Waals surface area contributed by atoms with Gasteiger partial charge >= 0.3 is 0 Å². The summed E-state index contributed by atoms with van der Waals surface area (Å²) in [4.78, 5) is 15.0. The van der Waals surface area contributed by atoms with Crippen LogP contribution in [-0.4, -0.2) is 36.5 Å². The van der Waals surface area contributed by atoms with Gasteiger partial charge in [-0.3, -0.25) is 4.79 Å². The number of carbonyl (C=O) groups excluding carboxylic acids is 1. The summed E-state index contributed by atoms with van der Waals surface area (Å²) in [5.74, 6) is 0.835. The largest absolute Gasteiger partial charge is 0.334 e. The Morgan fingerprint density at radius 2 is 1.95 bits per heavy atom. The molecule has 0 radical (unpaired) electrons. The molecule has 0 bridgehead atoms. The molecule has 108 valence electrons. The number of piperidine rings is 1. The van der Waals surface area contributed by atoms with Crippen LogP contribution in [0.4, 0.5) is 0 Å². The fraction of sp³-hybridized carbons (Fsp3) is 0.389. The van der Waals surface area contributed by atoms with E-state index < -0.39 is 0 Å². The first-order valence-corrected chi connectivity index (χ1v) is 7.83. The molecule has 2 aliphatic heterocycles. The summed E-state index contributed by atoms with van der Waals surface area (Å²) >= 11 is 0. The van der Waals surface area contributed by atoms with Crippen LogP contribution in [0.2, 0.25) is 0 Å². The van der Waals surface area contributed by atoms with Gasteiger partial charge in [-0.2, -0.15) is 0 Å². The number of amides is 1. The maximum absolute atomic E-state index is 12.9. The zero-order valence-electron chi connectivity index (χ0n) is 12.1. The quantitative estimate of drug-likeness (QED) is 0.871. The molecule has 2 aliphatic rings. The van der Waals surface area contributed by atoms with Crippen molar-refractivity contribution in [3.05, 3.63) is 48.0 Å². The van der Waals surface area contributed by atoms with Gasteiger partial charge in [0.1, 0.15) is 0 Å². The van der Waals surface area contributed by atoms with E-state index in [2.05, 4.69) is 28.4 Å². The normalized spacial score (nSPS) is 25.0. The third-order valence-corrected chi connectivity index (χ3v) is 4.94. The van der Waals surface area contributed by atoms with E-state index in [1.54, 1.807) is 0 Å². The summed E-state index contributed by atoms with van der Waals surface area (Å²) in [7, 11) is 0. The second-order valence-corrected chi connectivity index (χ2v) is 6.19. The molecule has 2 fully saturated rings. The van der Waals surface area contributed by atoms with Crippen molar-refractivity contribution in [3.8, 4) is 0 Å². The van der Waals surface area contributed by atoms with Crippen LogP contribution in [0.3, 0.4) is 0 Å². The number of nitrogens with zero attached hydrogens (tertiary/aromatic N) is 1. The maximum Gasteiger partial charge on any atom is 0.254 e. The first-order chi connectivity index (χ1) is 10.3. The SMILES string of the molecule is O=C(c1ccc2ccccc2c1)N1CCCC2CNCC21. The van der Waals surface area contributed by atoms with Crippen molar-refractivity contribution in [2.75, 3.05) is 19.6 Å². The molecular formula is C18H20N2O. The lowest BCUT2D eigenvalue weighted by Crippen LogP contribution is -2.48. The van der Waals surface area contributed by atoms with Crippen molar-refractivity contribution in [2.45, 2.75) is 18.9 Å². The Balaban J connectivity index is 1.66. The molecule has 2 atom stereocenters. The van der Waals surface area contributed by atoms with E-state index in [0.29, 0.717) is 12.0 Å². The minimum absolute atomic E-state index is 0.194. The average molecular weight is 280 g/mol. The molecule has 4 rings (SSSR count). The van der Waals surface area contributed by atoms with Crippen LogP contribution < -0.4 is 5.32 Å². The minimum Gasteiger partial charge on any atom is -0.334 e. The predicted octanol–water partition coefficient (Wildman–Crippen LogP) is 2.66. The van der Waals surface area contributed by atoms with Gasteiger partial charge in [-0.15, -0.1) is 0 Å². The topological polar surface area (TPSA) is 32.3 Å². The number of benzene rings is 2. The van der Waals surface area contributed by atoms with Gasteiger partial charge in [0.2, 0.25) is 0 Å². The highest BCUT2D eigenvalue weighted by Crippen LogP contribution is 2.28. The first-order valence-electron chi connectivity index (χ1n) is 7.83. The molecule has 2 aromatic rings. The Kier molecular flexibility index (Phi) is 3.15. The van der Waals surface area contributed by atoms with Gasteiger partial charge in [-0.05, 0) is 41.7 Å². The van der Waals surface area contributed by atoms with Gasteiger partial charge in [-0.1, -0.05) is 30.3 Å². The van der Waals surface area contributed by atoms with E-state index in [-0.39, 0.29) is 5.91 Å². The summed E-state index contributed by atoms with van der Waals surface area (Å²) in [6.07, 6.45) is 2.38. The molecule has 3 nitrogen and oxygen atoms in total. The van der Waals surface area contributed by atoms with Crippen molar-refractivity contribution >= 4 is 16.7 Å². The number of carbonyl (C=O) groups is 1. The highest BCUT2D eigenvalue weighted by Gasteiger charge is 2.37. The third kappa shape index (κ3) is 2.22. The Labute approximate surface area is 124 Å². The first kappa shape index (κ1) is 12.8. The van der Waals surface area contributed by atoms with Gasteiger partial charge in [0.15, 0.2) is 0 Å². The second-order valence-electron chi connectivity index (χ2n) is 6.19. The molecule has 2 saturated heterocycles. The highest BCUT2D eigenvalue weighted by atomic mass is 16.2. The van der Waals surface area contributed by atoms with Gasteiger partial charge in [0, 0.05) is 31.2 Å². The fourth-order valence-corrected chi connectivity index (χ4v) is 3.81. The minimum atomic E-state index is 0.194. The highest BCUT2D eigenvalue weighted by molar-refractivity contribution is 5.98. The molecule has 3 heteroatoms. The molecule has 0 aliphatic carbocycles. The van der Waals surface area contributed by atoms with Crippen LogP contribution in [0.5, 0.6) is 0 Å². The lowest BCUT2D eigenvalue weighted by atomic mass is 9.91. The molecule has 2 unspecified atom stereocenters. The van der Waals surface area contributed by atoms with Crippen molar-refractivity contribution in [3.63, 3.8) is 0 Å².